The van der Waals surface area contributed by atoms with Crippen molar-refractivity contribution in [3.05, 3.63) is 0 Å². The van der Waals surface area contributed by atoms with Crippen LogP contribution in [-0.4, -0.2) is 20.5 Å². The largest absolute Gasteiger partial charge is 0.389 e. The number of nitrogens with zero attached hydrogens (tertiary/aromatic N) is 1. The Morgan fingerprint density at radius 3 is 2.55 bits per heavy atom. The lowest BCUT2D eigenvalue weighted by Crippen LogP contribution is -2.04. The zero-order valence-electron chi connectivity index (χ0n) is 6.66. The average Bonchev–Trinajstić information content (AvgIpc) is 1.87. The predicted molar refractivity (Wildman–Crippen MR) is 46.0 cm³/mol. The monoisotopic (exact) mass is 178 g/mol. The smallest absolute Gasteiger partial charge is 0.254 e. The molecular formula is C6H14N2O2S. The third-order valence-electron chi connectivity index (χ3n) is 1.23. The van der Waals surface area contributed by atoms with Gasteiger partial charge in [0, 0.05) is 0 Å². The van der Waals surface area contributed by atoms with Crippen LogP contribution in [0.4, 0.5) is 0 Å². The molecule has 0 aliphatic carbocycles. The van der Waals surface area contributed by atoms with Crippen LogP contribution in [0.1, 0.15) is 26.2 Å². The second kappa shape index (κ2) is 5.12. The Morgan fingerprint density at radius 2 is 2.09 bits per heavy atom. The summed E-state index contributed by atoms with van der Waals surface area (Å²) in [6.07, 6.45) is 3.40. The van der Waals surface area contributed by atoms with Crippen LogP contribution in [0.3, 0.4) is 0 Å². The van der Waals surface area contributed by atoms with Crippen molar-refractivity contribution in [2.75, 3.05) is 5.75 Å². The van der Waals surface area contributed by atoms with Gasteiger partial charge in [-0.1, -0.05) is 19.8 Å². The van der Waals surface area contributed by atoms with Crippen LogP contribution in [0.5, 0.6) is 0 Å². The fraction of sp³-hybridized carbons (Fsp3) is 0.833. The van der Waals surface area contributed by atoms with Crippen LogP contribution in [0.2, 0.25) is 0 Å². The Hall–Kier alpha value is -0.580. The van der Waals surface area contributed by atoms with E-state index in [1.165, 1.54) is 0 Å². The molecular weight excluding hydrogens is 164 g/mol. The summed E-state index contributed by atoms with van der Waals surface area (Å²) in [5, 5.41) is 0. The molecule has 11 heavy (non-hydrogen) atoms. The molecule has 0 atom stereocenters. The lowest BCUT2D eigenvalue weighted by molar-refractivity contribution is 0.593. The average molecular weight is 178 g/mol. The molecule has 0 saturated heterocycles. The van der Waals surface area contributed by atoms with Gasteiger partial charge in [0.15, 0.2) is 0 Å². The van der Waals surface area contributed by atoms with E-state index >= 15 is 0 Å². The van der Waals surface area contributed by atoms with Gasteiger partial charge in [0.2, 0.25) is 0 Å². The van der Waals surface area contributed by atoms with E-state index in [1.54, 1.807) is 0 Å². The summed E-state index contributed by atoms with van der Waals surface area (Å²) in [6.45, 7) is 2.01. The number of hydrogen-bond acceptors (Lipinski definition) is 2. The Balaban J connectivity index is 3.75. The summed E-state index contributed by atoms with van der Waals surface area (Å²) in [4.78, 5) is 0. The first-order valence-corrected chi connectivity index (χ1v) is 5.21. The van der Waals surface area contributed by atoms with Crippen molar-refractivity contribution in [1.29, 1.82) is 0 Å². The minimum Gasteiger partial charge on any atom is -0.389 e. The predicted octanol–water partition coefficient (Wildman–Crippen LogP) is 0.493. The van der Waals surface area contributed by atoms with Crippen LogP contribution < -0.4 is 5.73 Å². The lowest BCUT2D eigenvalue weighted by atomic mass is 10.3. The molecule has 0 aliphatic rings. The molecule has 66 valence electrons. The minimum atomic E-state index is -3.26. The van der Waals surface area contributed by atoms with Gasteiger partial charge in [0.1, 0.15) is 0 Å². The zero-order chi connectivity index (χ0) is 8.74. The number of hydrogen-bond donors (Lipinski definition) is 1. The molecule has 0 spiro atoms. The Kier molecular flexibility index (Phi) is 4.85. The molecule has 0 aliphatic heterocycles. The van der Waals surface area contributed by atoms with E-state index in [0.717, 1.165) is 19.2 Å². The van der Waals surface area contributed by atoms with Gasteiger partial charge in [0.25, 0.3) is 10.0 Å². The molecule has 0 saturated carbocycles. The first-order chi connectivity index (χ1) is 5.12. The highest BCUT2D eigenvalue weighted by molar-refractivity contribution is 7.90. The van der Waals surface area contributed by atoms with Crippen molar-refractivity contribution >= 4 is 16.4 Å². The van der Waals surface area contributed by atoms with E-state index in [4.69, 9.17) is 5.73 Å². The number of unbranched alkanes of at least 4 members (excludes halogenated alkanes) is 2. The summed E-state index contributed by atoms with van der Waals surface area (Å²) in [6, 6.07) is 0. The second-order valence-electron chi connectivity index (χ2n) is 2.25. The number of sulfonamides is 1. The van der Waals surface area contributed by atoms with Gasteiger partial charge in [0.05, 0.1) is 12.1 Å². The highest BCUT2D eigenvalue weighted by Crippen LogP contribution is 1.99. The Labute approximate surface area is 67.6 Å². The first-order valence-electron chi connectivity index (χ1n) is 3.60. The molecule has 0 bridgehead atoms. The fourth-order valence-corrected chi connectivity index (χ4v) is 1.54. The zero-order valence-corrected chi connectivity index (χ0v) is 7.47. The lowest BCUT2D eigenvalue weighted by Gasteiger charge is -1.95. The maximum atomic E-state index is 10.8. The van der Waals surface area contributed by atoms with Gasteiger partial charge >= 0.3 is 0 Å². The van der Waals surface area contributed by atoms with Gasteiger partial charge in [-0.3, -0.25) is 0 Å². The normalized spacial score (nSPS) is 12.5. The number of rotatable bonds is 5. The van der Waals surface area contributed by atoms with E-state index in [1.807, 2.05) is 6.92 Å². The molecule has 2 N–H and O–H groups in total. The first kappa shape index (κ1) is 10.4. The molecule has 0 radical (unpaired) electrons. The van der Waals surface area contributed by atoms with Crippen LogP contribution in [0, 0.1) is 0 Å². The van der Waals surface area contributed by atoms with Crippen LogP contribution in [0.25, 0.3) is 0 Å². The van der Waals surface area contributed by atoms with Crippen molar-refractivity contribution in [1.82, 2.24) is 0 Å². The van der Waals surface area contributed by atoms with Gasteiger partial charge in [-0.15, -0.1) is 0 Å². The molecule has 0 heterocycles. The van der Waals surface area contributed by atoms with Crippen LogP contribution in [-0.2, 0) is 10.0 Å². The van der Waals surface area contributed by atoms with Gasteiger partial charge in [-0.25, -0.2) is 8.42 Å². The Morgan fingerprint density at radius 1 is 1.45 bits per heavy atom. The van der Waals surface area contributed by atoms with E-state index in [9.17, 15) is 8.42 Å². The molecule has 0 aromatic heterocycles. The summed E-state index contributed by atoms with van der Waals surface area (Å²) in [5.41, 5.74) is 4.85. The van der Waals surface area contributed by atoms with E-state index in [2.05, 4.69) is 4.40 Å². The Bertz CT molecular complexity index is 209. The highest BCUT2D eigenvalue weighted by Gasteiger charge is 2.04. The fourth-order valence-electron chi connectivity index (χ4n) is 0.680. The third kappa shape index (κ3) is 5.84. The van der Waals surface area contributed by atoms with E-state index in [0.29, 0.717) is 6.42 Å². The SMILES string of the molecule is CCCCCS(=O)(=O)N=CN. The van der Waals surface area contributed by atoms with E-state index in [-0.39, 0.29) is 5.75 Å². The molecule has 4 nitrogen and oxygen atoms in total. The molecule has 0 amide bonds. The second-order valence-corrected chi connectivity index (χ2v) is 4.03. The molecule has 5 heteroatoms. The molecule has 0 rings (SSSR count). The molecule has 0 unspecified atom stereocenters. The van der Waals surface area contributed by atoms with E-state index < -0.39 is 10.0 Å². The topological polar surface area (TPSA) is 72.5 Å². The van der Waals surface area contributed by atoms with Crippen molar-refractivity contribution < 1.29 is 8.42 Å². The van der Waals surface area contributed by atoms with Crippen molar-refractivity contribution in [2.45, 2.75) is 26.2 Å². The summed E-state index contributed by atoms with van der Waals surface area (Å²) < 4.78 is 24.8. The van der Waals surface area contributed by atoms with Crippen molar-refractivity contribution in [2.24, 2.45) is 10.1 Å². The van der Waals surface area contributed by atoms with Gasteiger partial charge in [-0.2, -0.15) is 4.40 Å². The minimum absolute atomic E-state index is 0.106. The summed E-state index contributed by atoms with van der Waals surface area (Å²) in [5.74, 6) is 0.106. The maximum Gasteiger partial charge on any atom is 0.254 e. The molecule has 0 fully saturated rings. The number of nitrogens with two attached hydrogens (primary N) is 1. The van der Waals surface area contributed by atoms with Crippen LogP contribution >= 0.6 is 0 Å². The quantitative estimate of drug-likeness (QED) is 0.378. The van der Waals surface area contributed by atoms with Crippen molar-refractivity contribution in [3.8, 4) is 0 Å². The van der Waals surface area contributed by atoms with Crippen molar-refractivity contribution in [3.63, 3.8) is 0 Å². The van der Waals surface area contributed by atoms with Crippen LogP contribution in [0.15, 0.2) is 4.40 Å². The summed E-state index contributed by atoms with van der Waals surface area (Å²) in [7, 11) is -3.26. The highest BCUT2D eigenvalue weighted by atomic mass is 32.2. The third-order valence-corrected chi connectivity index (χ3v) is 2.47. The molecule has 0 aromatic carbocycles. The maximum absolute atomic E-state index is 10.8. The standard InChI is InChI=1S/C6H14N2O2S/c1-2-3-4-5-11(9,10)8-6-7/h6H,2-5H2,1H3,(H2,7,8). The molecule has 0 aromatic rings. The van der Waals surface area contributed by atoms with Gasteiger partial charge in [-0.05, 0) is 6.42 Å². The van der Waals surface area contributed by atoms with Gasteiger partial charge < -0.3 is 5.73 Å². The summed E-state index contributed by atoms with van der Waals surface area (Å²) >= 11 is 0.